The van der Waals surface area contributed by atoms with Gasteiger partial charge < -0.3 is 14.8 Å². The highest BCUT2D eigenvalue weighted by molar-refractivity contribution is 6.01. The first kappa shape index (κ1) is 11.1. The summed E-state index contributed by atoms with van der Waals surface area (Å²) < 4.78 is 10.6. The number of carbonyl (C=O) groups is 1. The van der Waals surface area contributed by atoms with E-state index < -0.39 is 0 Å². The van der Waals surface area contributed by atoms with Crippen LogP contribution >= 0.6 is 0 Å². The largest absolute Gasteiger partial charge is 0.496 e. The molecule has 2 rings (SSSR count). The van der Waals surface area contributed by atoms with Crippen molar-refractivity contribution in [2.24, 2.45) is 0 Å². The number of ether oxygens (including phenoxy) is 2. The van der Waals surface area contributed by atoms with E-state index in [4.69, 9.17) is 9.47 Å². The number of Topliss-reactive ketones (excluding diaryl/α,β-unsaturated/α-hetero) is 1. The Labute approximate surface area is 94.6 Å². The van der Waals surface area contributed by atoms with Gasteiger partial charge in [0.25, 0.3) is 0 Å². The molecule has 1 aliphatic heterocycles. The summed E-state index contributed by atoms with van der Waals surface area (Å²) in [5.74, 6) is 0.672. The number of hydrogen-bond donors (Lipinski definition) is 1. The minimum absolute atomic E-state index is 0.0432. The number of hydrogen-bond acceptors (Lipinski definition) is 4. The number of nitrogens with one attached hydrogen (secondary N) is 1. The van der Waals surface area contributed by atoms with Crippen LogP contribution in [-0.2, 0) is 18.0 Å². The molecule has 1 aromatic rings. The van der Waals surface area contributed by atoms with Crippen molar-refractivity contribution in [1.29, 1.82) is 0 Å². The number of likely N-dealkylation sites (N-methyl/N-ethyl adjacent to an activating group) is 1. The minimum Gasteiger partial charge on any atom is -0.496 e. The number of fused-ring (bicyclic) bond motifs is 1. The van der Waals surface area contributed by atoms with E-state index in [0.29, 0.717) is 31.1 Å². The van der Waals surface area contributed by atoms with Crippen molar-refractivity contribution in [3.63, 3.8) is 0 Å². The molecule has 0 aromatic heterocycles. The van der Waals surface area contributed by atoms with Gasteiger partial charge in [0.15, 0.2) is 5.78 Å². The summed E-state index contributed by atoms with van der Waals surface area (Å²) in [6.07, 6.45) is 0. The first-order valence-corrected chi connectivity index (χ1v) is 5.22. The molecule has 86 valence electrons. The van der Waals surface area contributed by atoms with Crippen LogP contribution in [0.4, 0.5) is 0 Å². The van der Waals surface area contributed by atoms with Crippen molar-refractivity contribution < 1.29 is 14.3 Å². The third-order valence-corrected chi connectivity index (χ3v) is 2.71. The van der Waals surface area contributed by atoms with E-state index in [0.717, 1.165) is 11.1 Å². The standard InChI is InChI=1S/C12H15NO3/c1-13-5-10(14)12-9-7-16-6-8(9)3-4-11(12)15-2/h3-4,13H,5-7H2,1-2H3. The van der Waals surface area contributed by atoms with Crippen LogP contribution in [0.5, 0.6) is 5.75 Å². The summed E-state index contributed by atoms with van der Waals surface area (Å²) in [4.78, 5) is 12.0. The predicted molar refractivity (Wildman–Crippen MR) is 59.7 cm³/mol. The Morgan fingerprint density at radius 1 is 1.50 bits per heavy atom. The molecule has 16 heavy (non-hydrogen) atoms. The van der Waals surface area contributed by atoms with Gasteiger partial charge in [-0.15, -0.1) is 0 Å². The molecule has 0 radical (unpaired) electrons. The first-order chi connectivity index (χ1) is 7.77. The maximum atomic E-state index is 12.0. The molecule has 1 N–H and O–H groups in total. The van der Waals surface area contributed by atoms with Crippen LogP contribution in [0, 0.1) is 0 Å². The molecule has 0 saturated carbocycles. The average Bonchev–Trinajstić information content (AvgIpc) is 2.75. The lowest BCUT2D eigenvalue weighted by atomic mass is 9.99. The van der Waals surface area contributed by atoms with Gasteiger partial charge in [0, 0.05) is 0 Å². The maximum Gasteiger partial charge on any atom is 0.180 e. The van der Waals surface area contributed by atoms with Crippen LogP contribution in [0.2, 0.25) is 0 Å². The number of benzene rings is 1. The van der Waals surface area contributed by atoms with Gasteiger partial charge in [0.2, 0.25) is 0 Å². The van der Waals surface area contributed by atoms with Crippen molar-refractivity contribution in [3.05, 3.63) is 28.8 Å². The van der Waals surface area contributed by atoms with E-state index in [9.17, 15) is 4.79 Å². The molecule has 0 spiro atoms. The zero-order valence-electron chi connectivity index (χ0n) is 9.50. The van der Waals surface area contributed by atoms with Crippen LogP contribution < -0.4 is 10.1 Å². The molecule has 4 heteroatoms. The number of carbonyl (C=O) groups excluding carboxylic acids is 1. The Balaban J connectivity index is 2.47. The number of methoxy groups -OCH3 is 1. The molecule has 0 unspecified atom stereocenters. The van der Waals surface area contributed by atoms with E-state index in [1.807, 2.05) is 12.1 Å². The molecule has 1 aromatic carbocycles. The molecular formula is C12H15NO3. The van der Waals surface area contributed by atoms with Crippen LogP contribution in [0.1, 0.15) is 21.5 Å². The second-order valence-electron chi connectivity index (χ2n) is 3.73. The molecular weight excluding hydrogens is 206 g/mol. The zero-order valence-corrected chi connectivity index (χ0v) is 9.50. The smallest absolute Gasteiger partial charge is 0.180 e. The van der Waals surface area contributed by atoms with E-state index in [1.54, 1.807) is 14.2 Å². The lowest BCUT2D eigenvalue weighted by molar-refractivity contribution is 0.0984. The summed E-state index contributed by atoms with van der Waals surface area (Å²) >= 11 is 0. The monoisotopic (exact) mass is 221 g/mol. The van der Waals surface area contributed by atoms with Crippen molar-refractivity contribution in [1.82, 2.24) is 5.32 Å². The predicted octanol–water partition coefficient (Wildman–Crippen LogP) is 1.13. The fourth-order valence-corrected chi connectivity index (χ4v) is 1.96. The topological polar surface area (TPSA) is 47.6 Å². The highest BCUT2D eigenvalue weighted by Crippen LogP contribution is 2.30. The SMILES string of the molecule is CNCC(=O)c1c(OC)ccc2c1COC2. The third kappa shape index (κ3) is 1.81. The lowest BCUT2D eigenvalue weighted by Gasteiger charge is -2.11. The number of ketones is 1. The zero-order chi connectivity index (χ0) is 11.5. The Morgan fingerprint density at radius 2 is 2.31 bits per heavy atom. The fraction of sp³-hybridized carbons (Fsp3) is 0.417. The fourth-order valence-electron chi connectivity index (χ4n) is 1.96. The Bertz CT molecular complexity index is 415. The third-order valence-electron chi connectivity index (χ3n) is 2.71. The second kappa shape index (κ2) is 4.63. The summed E-state index contributed by atoms with van der Waals surface area (Å²) in [6.45, 7) is 1.39. The Hall–Kier alpha value is -1.39. The van der Waals surface area contributed by atoms with E-state index in [2.05, 4.69) is 5.32 Å². The molecule has 0 atom stereocenters. The lowest BCUT2D eigenvalue weighted by Crippen LogP contribution is -2.20. The van der Waals surface area contributed by atoms with Gasteiger partial charge in [-0.25, -0.2) is 0 Å². The molecule has 1 aliphatic rings. The molecule has 0 amide bonds. The van der Waals surface area contributed by atoms with Gasteiger partial charge in [-0.1, -0.05) is 6.07 Å². The first-order valence-electron chi connectivity index (χ1n) is 5.22. The van der Waals surface area contributed by atoms with Gasteiger partial charge in [-0.05, 0) is 24.2 Å². The summed E-state index contributed by atoms with van der Waals surface area (Å²) in [5.41, 5.74) is 2.71. The quantitative estimate of drug-likeness (QED) is 0.774. The molecule has 0 saturated heterocycles. The van der Waals surface area contributed by atoms with Gasteiger partial charge >= 0.3 is 0 Å². The molecule has 0 fully saturated rings. The van der Waals surface area contributed by atoms with Crippen LogP contribution in [0.25, 0.3) is 0 Å². The van der Waals surface area contributed by atoms with Gasteiger partial charge in [-0.2, -0.15) is 0 Å². The molecule has 4 nitrogen and oxygen atoms in total. The van der Waals surface area contributed by atoms with Gasteiger partial charge in [0.1, 0.15) is 5.75 Å². The minimum atomic E-state index is 0.0432. The van der Waals surface area contributed by atoms with Gasteiger partial charge in [0.05, 0.1) is 32.4 Å². The van der Waals surface area contributed by atoms with Crippen molar-refractivity contribution in [3.8, 4) is 5.75 Å². The Morgan fingerprint density at radius 3 is 3.00 bits per heavy atom. The van der Waals surface area contributed by atoms with E-state index in [1.165, 1.54) is 0 Å². The van der Waals surface area contributed by atoms with Gasteiger partial charge in [-0.3, -0.25) is 4.79 Å². The van der Waals surface area contributed by atoms with Crippen molar-refractivity contribution in [2.45, 2.75) is 13.2 Å². The Kier molecular flexibility index (Phi) is 3.22. The average molecular weight is 221 g/mol. The van der Waals surface area contributed by atoms with Crippen LogP contribution in [0.15, 0.2) is 12.1 Å². The highest BCUT2D eigenvalue weighted by atomic mass is 16.5. The van der Waals surface area contributed by atoms with E-state index >= 15 is 0 Å². The molecule has 0 bridgehead atoms. The highest BCUT2D eigenvalue weighted by Gasteiger charge is 2.23. The normalized spacial score (nSPS) is 13.6. The summed E-state index contributed by atoms with van der Waals surface area (Å²) in [6, 6.07) is 3.79. The number of rotatable bonds is 4. The van der Waals surface area contributed by atoms with Crippen LogP contribution in [-0.4, -0.2) is 26.5 Å². The second-order valence-corrected chi connectivity index (χ2v) is 3.73. The summed E-state index contributed by atoms with van der Waals surface area (Å²) in [7, 11) is 3.33. The van der Waals surface area contributed by atoms with Crippen molar-refractivity contribution >= 4 is 5.78 Å². The summed E-state index contributed by atoms with van der Waals surface area (Å²) in [5, 5.41) is 2.86. The maximum absolute atomic E-state index is 12.0. The molecule has 0 aliphatic carbocycles. The van der Waals surface area contributed by atoms with Crippen molar-refractivity contribution in [2.75, 3.05) is 20.7 Å². The molecule has 1 heterocycles. The van der Waals surface area contributed by atoms with E-state index in [-0.39, 0.29) is 5.78 Å². The van der Waals surface area contributed by atoms with Crippen LogP contribution in [0.3, 0.4) is 0 Å².